The van der Waals surface area contributed by atoms with E-state index < -0.39 is 0 Å². The smallest absolute Gasteiger partial charge is 0.254 e. The Hall–Kier alpha value is -4.19. The van der Waals surface area contributed by atoms with Gasteiger partial charge in [-0.2, -0.15) is 5.10 Å². The molecule has 0 aliphatic rings. The predicted octanol–water partition coefficient (Wildman–Crippen LogP) is 5.96. The largest absolute Gasteiger partial charge is 0.329 e. The van der Waals surface area contributed by atoms with Crippen molar-refractivity contribution in [2.45, 2.75) is 34.1 Å². The second-order valence-corrected chi connectivity index (χ2v) is 8.96. The van der Waals surface area contributed by atoms with Crippen LogP contribution in [0.3, 0.4) is 0 Å². The van der Waals surface area contributed by atoms with E-state index in [1.54, 1.807) is 9.58 Å². The van der Waals surface area contributed by atoms with Crippen molar-refractivity contribution in [2.24, 2.45) is 0 Å². The molecule has 0 radical (unpaired) electrons. The van der Waals surface area contributed by atoms with Gasteiger partial charge in [0.1, 0.15) is 12.4 Å². The molecule has 0 spiro atoms. The van der Waals surface area contributed by atoms with Crippen LogP contribution >= 0.6 is 0 Å². The fourth-order valence-electron chi connectivity index (χ4n) is 4.42. The van der Waals surface area contributed by atoms with Crippen LogP contribution in [0, 0.1) is 20.8 Å². The highest BCUT2D eigenvalue weighted by molar-refractivity contribution is 6.01. The Balaban J connectivity index is 1.70. The summed E-state index contributed by atoms with van der Waals surface area (Å²) in [5.41, 5.74) is 6.07. The highest BCUT2D eigenvalue weighted by Gasteiger charge is 2.24. The minimum Gasteiger partial charge on any atom is -0.329 e. The quantitative estimate of drug-likeness (QED) is 0.339. The van der Waals surface area contributed by atoms with Crippen LogP contribution in [-0.4, -0.2) is 39.6 Å². The summed E-state index contributed by atoms with van der Waals surface area (Å²) in [7, 11) is 0. The normalized spacial score (nSPS) is 10.8. The summed E-state index contributed by atoms with van der Waals surface area (Å²) in [6.07, 6.45) is 0.750. The highest BCUT2D eigenvalue weighted by Crippen LogP contribution is 2.34. The van der Waals surface area contributed by atoms with Crippen molar-refractivity contribution in [1.82, 2.24) is 14.7 Å². The Morgan fingerprint density at radius 3 is 2.17 bits per heavy atom. The van der Waals surface area contributed by atoms with Gasteiger partial charge in [-0.3, -0.25) is 9.59 Å². The van der Waals surface area contributed by atoms with Gasteiger partial charge in [0.25, 0.3) is 5.91 Å². The molecule has 4 aromatic rings. The zero-order valence-corrected chi connectivity index (χ0v) is 21.3. The third-order valence-electron chi connectivity index (χ3n) is 6.22. The van der Waals surface area contributed by atoms with E-state index >= 15 is 0 Å². The monoisotopic (exact) mass is 480 g/mol. The lowest BCUT2D eigenvalue weighted by Gasteiger charge is -2.23. The molecule has 0 bridgehead atoms. The van der Waals surface area contributed by atoms with Crippen LogP contribution in [0.2, 0.25) is 0 Å². The van der Waals surface area contributed by atoms with Gasteiger partial charge in [-0.15, -0.1) is 0 Å². The lowest BCUT2D eigenvalue weighted by Crippen LogP contribution is -2.39. The van der Waals surface area contributed by atoms with Crippen molar-refractivity contribution in [2.75, 3.05) is 18.4 Å². The van der Waals surface area contributed by atoms with Crippen molar-refractivity contribution in [1.29, 1.82) is 0 Å². The first kappa shape index (κ1) is 24.9. The number of anilines is 1. The third kappa shape index (κ3) is 5.23. The fraction of sp³-hybridized carbons (Fsp3) is 0.233. The molecule has 0 saturated heterocycles. The molecule has 1 aromatic heterocycles. The van der Waals surface area contributed by atoms with E-state index in [-0.39, 0.29) is 18.4 Å². The molecule has 0 unspecified atom stereocenters. The maximum absolute atomic E-state index is 13.4. The Labute approximate surface area is 212 Å². The minimum absolute atomic E-state index is 0.0484. The second-order valence-electron chi connectivity index (χ2n) is 8.96. The number of nitrogens with zero attached hydrogens (tertiary/aromatic N) is 3. The van der Waals surface area contributed by atoms with E-state index in [2.05, 4.69) is 5.32 Å². The number of benzene rings is 3. The van der Waals surface area contributed by atoms with E-state index in [1.807, 2.05) is 107 Å². The van der Waals surface area contributed by atoms with Gasteiger partial charge < -0.3 is 10.2 Å². The number of rotatable bonds is 8. The van der Waals surface area contributed by atoms with Crippen LogP contribution in [0.4, 0.5) is 5.82 Å². The summed E-state index contributed by atoms with van der Waals surface area (Å²) < 4.78 is 1.79. The molecule has 0 saturated carbocycles. The number of nitrogens with one attached hydrogen (secondary N) is 1. The molecule has 184 valence electrons. The molecule has 1 N–H and O–H groups in total. The number of amides is 2. The third-order valence-corrected chi connectivity index (χ3v) is 6.22. The first-order valence-electron chi connectivity index (χ1n) is 12.3. The van der Waals surface area contributed by atoms with Crippen LogP contribution in [0.1, 0.15) is 40.5 Å². The van der Waals surface area contributed by atoms with Gasteiger partial charge in [0, 0.05) is 17.7 Å². The SMILES string of the molecule is CCCN(CC(=O)Nc1c(-c2ccccc2)c(C)nn1-c1ccccc1C)C(=O)c1ccccc1C. The number of carbonyl (C=O) groups is 2. The van der Waals surface area contributed by atoms with Crippen molar-refractivity contribution in [3.63, 3.8) is 0 Å². The summed E-state index contributed by atoms with van der Waals surface area (Å²) in [4.78, 5) is 28.3. The van der Waals surface area contributed by atoms with Crippen molar-refractivity contribution in [3.8, 4) is 16.8 Å². The number of aromatic nitrogens is 2. The summed E-state index contributed by atoms with van der Waals surface area (Å²) in [6, 6.07) is 25.3. The molecule has 4 rings (SSSR count). The standard InChI is InChI=1S/C30H32N4O2/c1-5-19-33(30(36)25-17-11-9-13-21(25)2)20-27(35)31-29-28(24-15-7-6-8-16-24)23(4)32-34(29)26-18-12-10-14-22(26)3/h6-18H,5,19-20H2,1-4H3,(H,31,35). The van der Waals surface area contributed by atoms with E-state index in [9.17, 15) is 9.59 Å². The number of hydrogen-bond acceptors (Lipinski definition) is 3. The molecular formula is C30H32N4O2. The van der Waals surface area contributed by atoms with E-state index in [0.717, 1.165) is 40.1 Å². The zero-order chi connectivity index (χ0) is 25.7. The second kappa shape index (κ2) is 11.0. The Kier molecular flexibility index (Phi) is 7.64. The molecular weight excluding hydrogens is 448 g/mol. The maximum atomic E-state index is 13.4. The number of aryl methyl sites for hydroxylation is 3. The molecule has 36 heavy (non-hydrogen) atoms. The lowest BCUT2D eigenvalue weighted by molar-refractivity contribution is -0.116. The molecule has 3 aromatic carbocycles. The maximum Gasteiger partial charge on any atom is 0.254 e. The average Bonchev–Trinajstić information content (AvgIpc) is 3.19. The van der Waals surface area contributed by atoms with Crippen LogP contribution < -0.4 is 5.32 Å². The first-order valence-corrected chi connectivity index (χ1v) is 12.3. The van der Waals surface area contributed by atoms with Crippen LogP contribution in [-0.2, 0) is 4.79 Å². The predicted molar refractivity (Wildman–Crippen MR) is 144 cm³/mol. The summed E-state index contributed by atoms with van der Waals surface area (Å²) in [5.74, 6) is 0.187. The Morgan fingerprint density at radius 1 is 0.861 bits per heavy atom. The molecule has 0 atom stereocenters. The number of para-hydroxylation sites is 1. The first-order chi connectivity index (χ1) is 17.4. The molecule has 0 aliphatic heterocycles. The Bertz CT molecular complexity index is 1370. The van der Waals surface area contributed by atoms with Gasteiger partial charge in [-0.05, 0) is 56.0 Å². The topological polar surface area (TPSA) is 67.2 Å². The lowest BCUT2D eigenvalue weighted by atomic mass is 10.1. The molecule has 6 nitrogen and oxygen atoms in total. The molecule has 0 fully saturated rings. The van der Waals surface area contributed by atoms with Gasteiger partial charge >= 0.3 is 0 Å². The molecule has 1 heterocycles. The molecule has 2 amide bonds. The van der Waals surface area contributed by atoms with Crippen molar-refractivity contribution in [3.05, 3.63) is 101 Å². The van der Waals surface area contributed by atoms with Crippen molar-refractivity contribution < 1.29 is 9.59 Å². The van der Waals surface area contributed by atoms with Crippen molar-refractivity contribution >= 4 is 17.6 Å². The van der Waals surface area contributed by atoms with E-state index in [4.69, 9.17) is 5.10 Å². The van der Waals surface area contributed by atoms with Crippen LogP contribution in [0.15, 0.2) is 78.9 Å². The van der Waals surface area contributed by atoms with Gasteiger partial charge in [0.05, 0.1) is 11.4 Å². The van der Waals surface area contributed by atoms with Gasteiger partial charge in [-0.25, -0.2) is 4.68 Å². The number of carbonyl (C=O) groups excluding carboxylic acids is 2. The molecule has 0 aliphatic carbocycles. The Morgan fingerprint density at radius 2 is 1.50 bits per heavy atom. The van der Waals surface area contributed by atoms with Crippen LogP contribution in [0.25, 0.3) is 16.8 Å². The van der Waals surface area contributed by atoms with E-state index in [0.29, 0.717) is 17.9 Å². The van der Waals surface area contributed by atoms with Gasteiger partial charge in [-0.1, -0.05) is 73.7 Å². The number of hydrogen-bond donors (Lipinski definition) is 1. The highest BCUT2D eigenvalue weighted by atomic mass is 16.2. The zero-order valence-electron chi connectivity index (χ0n) is 21.3. The van der Waals surface area contributed by atoms with Gasteiger partial charge in [0.2, 0.25) is 5.91 Å². The van der Waals surface area contributed by atoms with E-state index in [1.165, 1.54) is 0 Å². The average molecular weight is 481 g/mol. The summed E-state index contributed by atoms with van der Waals surface area (Å²) >= 11 is 0. The van der Waals surface area contributed by atoms with Crippen LogP contribution in [0.5, 0.6) is 0 Å². The van der Waals surface area contributed by atoms with Gasteiger partial charge in [0.15, 0.2) is 0 Å². The summed E-state index contributed by atoms with van der Waals surface area (Å²) in [5, 5.41) is 7.90. The summed E-state index contributed by atoms with van der Waals surface area (Å²) in [6.45, 7) is 8.31. The fourth-order valence-corrected chi connectivity index (χ4v) is 4.42. The minimum atomic E-state index is -0.266. The molecule has 6 heteroatoms.